The Labute approximate surface area is 159 Å². The fourth-order valence-electron chi connectivity index (χ4n) is 2.92. The van der Waals surface area contributed by atoms with Crippen LogP contribution in [0.4, 0.5) is 10.1 Å². The van der Waals surface area contributed by atoms with E-state index in [1.807, 2.05) is 20.9 Å². The maximum atomic E-state index is 13.0. The lowest BCUT2D eigenvalue weighted by Crippen LogP contribution is -3.08. The lowest BCUT2D eigenvalue weighted by atomic mass is 10.1. The molecule has 0 fully saturated rings. The highest BCUT2D eigenvalue weighted by Gasteiger charge is 2.15. The van der Waals surface area contributed by atoms with Crippen LogP contribution in [-0.4, -0.2) is 43.4 Å². The topological polar surface area (TPSA) is 53.9 Å². The van der Waals surface area contributed by atoms with Crippen LogP contribution in [0.3, 0.4) is 0 Å². The van der Waals surface area contributed by atoms with Gasteiger partial charge in [0.25, 0.3) is 11.8 Å². The number of hydrogen-bond acceptors (Lipinski definition) is 2. The van der Waals surface area contributed by atoms with Gasteiger partial charge in [-0.3, -0.25) is 9.59 Å². The normalized spacial score (nSPS) is 11.7. The lowest BCUT2D eigenvalue weighted by molar-refractivity contribution is -0.885. The predicted molar refractivity (Wildman–Crippen MR) is 104 cm³/mol. The Balaban J connectivity index is 1.94. The number of likely N-dealkylation sites (N-methyl/N-ethyl adjacent to an activating group) is 1. The number of benzene rings is 2. The molecule has 0 saturated carbocycles. The van der Waals surface area contributed by atoms with Crippen molar-refractivity contribution in [3.05, 3.63) is 65.5 Å². The van der Waals surface area contributed by atoms with Gasteiger partial charge in [-0.25, -0.2) is 4.39 Å². The van der Waals surface area contributed by atoms with Crippen LogP contribution in [0.15, 0.2) is 48.5 Å². The Morgan fingerprint density at radius 1 is 1.07 bits per heavy atom. The van der Waals surface area contributed by atoms with Gasteiger partial charge >= 0.3 is 0 Å². The summed E-state index contributed by atoms with van der Waals surface area (Å²) in [5, 5.41) is 2.85. The first-order valence-electron chi connectivity index (χ1n) is 9.17. The van der Waals surface area contributed by atoms with Crippen LogP contribution in [0.2, 0.25) is 0 Å². The van der Waals surface area contributed by atoms with Crippen LogP contribution in [0.25, 0.3) is 0 Å². The molecule has 0 aliphatic heterocycles. The van der Waals surface area contributed by atoms with E-state index < -0.39 is 0 Å². The summed E-state index contributed by atoms with van der Waals surface area (Å²) in [6.07, 6.45) is 0. The Morgan fingerprint density at radius 3 is 2.37 bits per heavy atom. The number of quaternary nitrogens is 1. The third-order valence-electron chi connectivity index (χ3n) is 4.33. The van der Waals surface area contributed by atoms with E-state index in [9.17, 15) is 14.0 Å². The van der Waals surface area contributed by atoms with E-state index in [1.165, 1.54) is 12.1 Å². The summed E-state index contributed by atoms with van der Waals surface area (Å²) in [6.45, 7) is 6.05. The number of rotatable bonds is 8. The zero-order valence-corrected chi connectivity index (χ0v) is 16.1. The van der Waals surface area contributed by atoms with Gasteiger partial charge in [0.1, 0.15) is 12.4 Å². The van der Waals surface area contributed by atoms with Crippen LogP contribution in [0.5, 0.6) is 0 Å². The van der Waals surface area contributed by atoms with Gasteiger partial charge in [-0.2, -0.15) is 0 Å². The first-order valence-corrected chi connectivity index (χ1v) is 9.17. The quantitative estimate of drug-likeness (QED) is 0.744. The molecule has 2 amide bonds. The van der Waals surface area contributed by atoms with E-state index >= 15 is 0 Å². The van der Waals surface area contributed by atoms with E-state index in [-0.39, 0.29) is 24.2 Å². The molecule has 0 aliphatic rings. The highest BCUT2D eigenvalue weighted by Crippen LogP contribution is 2.12. The SMILES string of the molecule is CCN(CC)C(=O)c1cccc(NC(=O)C[NH+](C)Cc2ccc(F)cc2)c1. The Kier molecular flexibility index (Phi) is 7.49. The monoisotopic (exact) mass is 372 g/mol. The molecule has 2 rings (SSSR count). The summed E-state index contributed by atoms with van der Waals surface area (Å²) in [5.74, 6) is -0.453. The summed E-state index contributed by atoms with van der Waals surface area (Å²) in [5.41, 5.74) is 2.13. The lowest BCUT2D eigenvalue weighted by Gasteiger charge is -2.19. The highest BCUT2D eigenvalue weighted by atomic mass is 19.1. The standard InChI is InChI=1S/C21H26FN3O2/c1-4-25(5-2)21(27)17-7-6-8-19(13-17)23-20(26)15-24(3)14-16-9-11-18(22)12-10-16/h6-13H,4-5,14-15H2,1-3H3,(H,23,26)/p+1. The van der Waals surface area contributed by atoms with Gasteiger partial charge in [-0.05, 0) is 44.2 Å². The summed E-state index contributed by atoms with van der Waals surface area (Å²) in [4.78, 5) is 27.5. The summed E-state index contributed by atoms with van der Waals surface area (Å²) >= 11 is 0. The Hall–Kier alpha value is -2.73. The van der Waals surface area contributed by atoms with Gasteiger partial charge in [0, 0.05) is 29.9 Å². The van der Waals surface area contributed by atoms with Crippen LogP contribution >= 0.6 is 0 Å². The van der Waals surface area contributed by atoms with Crippen LogP contribution in [-0.2, 0) is 11.3 Å². The molecule has 2 aromatic carbocycles. The second-order valence-corrected chi connectivity index (χ2v) is 6.54. The number of hydrogen-bond donors (Lipinski definition) is 2. The molecule has 27 heavy (non-hydrogen) atoms. The summed E-state index contributed by atoms with van der Waals surface area (Å²) < 4.78 is 13.0. The van der Waals surface area contributed by atoms with E-state index in [1.54, 1.807) is 41.3 Å². The smallest absolute Gasteiger partial charge is 0.279 e. The molecule has 0 saturated heterocycles. The van der Waals surface area contributed by atoms with E-state index in [2.05, 4.69) is 5.32 Å². The second-order valence-electron chi connectivity index (χ2n) is 6.54. The van der Waals surface area contributed by atoms with Gasteiger partial charge in [-0.1, -0.05) is 18.2 Å². The van der Waals surface area contributed by atoms with Crippen molar-refractivity contribution in [2.45, 2.75) is 20.4 Å². The fraction of sp³-hybridized carbons (Fsp3) is 0.333. The zero-order valence-electron chi connectivity index (χ0n) is 16.1. The fourth-order valence-corrected chi connectivity index (χ4v) is 2.92. The van der Waals surface area contributed by atoms with Crippen molar-refractivity contribution in [1.29, 1.82) is 0 Å². The maximum absolute atomic E-state index is 13.0. The van der Waals surface area contributed by atoms with Crippen molar-refractivity contribution in [3.8, 4) is 0 Å². The average Bonchev–Trinajstić information content (AvgIpc) is 2.64. The zero-order chi connectivity index (χ0) is 19.8. The van der Waals surface area contributed by atoms with Gasteiger partial charge in [0.05, 0.1) is 7.05 Å². The van der Waals surface area contributed by atoms with E-state index in [4.69, 9.17) is 0 Å². The number of carbonyl (C=O) groups excluding carboxylic acids is 2. The number of halogens is 1. The first-order chi connectivity index (χ1) is 12.9. The number of nitrogens with zero attached hydrogens (tertiary/aromatic N) is 1. The average molecular weight is 372 g/mol. The van der Waals surface area contributed by atoms with Gasteiger partial charge in [0.2, 0.25) is 0 Å². The van der Waals surface area contributed by atoms with Crippen molar-refractivity contribution in [1.82, 2.24) is 4.90 Å². The number of amides is 2. The Bertz CT molecular complexity index is 773. The molecule has 6 heteroatoms. The molecule has 5 nitrogen and oxygen atoms in total. The summed E-state index contributed by atoms with van der Waals surface area (Å²) in [7, 11) is 1.91. The van der Waals surface area contributed by atoms with Crippen LogP contribution < -0.4 is 10.2 Å². The van der Waals surface area contributed by atoms with Crippen molar-refractivity contribution in [3.63, 3.8) is 0 Å². The molecule has 144 valence electrons. The maximum Gasteiger partial charge on any atom is 0.279 e. The van der Waals surface area contributed by atoms with Crippen LogP contribution in [0.1, 0.15) is 29.8 Å². The van der Waals surface area contributed by atoms with Crippen molar-refractivity contribution in [2.24, 2.45) is 0 Å². The molecule has 0 aliphatic carbocycles. The molecular weight excluding hydrogens is 345 g/mol. The molecule has 2 N–H and O–H groups in total. The molecular formula is C21H27FN3O2+. The van der Waals surface area contributed by atoms with E-state index in [0.29, 0.717) is 30.9 Å². The second kappa shape index (κ2) is 9.83. The predicted octanol–water partition coefficient (Wildman–Crippen LogP) is 1.96. The minimum atomic E-state index is -0.270. The van der Waals surface area contributed by atoms with Crippen molar-refractivity contribution in [2.75, 3.05) is 32.0 Å². The molecule has 1 unspecified atom stereocenters. The van der Waals surface area contributed by atoms with Crippen LogP contribution in [0, 0.1) is 5.82 Å². The molecule has 0 heterocycles. The molecule has 0 bridgehead atoms. The minimum Gasteiger partial charge on any atom is -0.339 e. The van der Waals surface area contributed by atoms with E-state index in [0.717, 1.165) is 10.5 Å². The number of carbonyl (C=O) groups is 2. The molecule has 0 radical (unpaired) electrons. The molecule has 0 aromatic heterocycles. The molecule has 2 aromatic rings. The molecule has 0 spiro atoms. The van der Waals surface area contributed by atoms with Gasteiger partial charge in [-0.15, -0.1) is 0 Å². The molecule has 1 atom stereocenters. The van der Waals surface area contributed by atoms with Gasteiger partial charge in [0.15, 0.2) is 6.54 Å². The Morgan fingerprint density at radius 2 is 1.74 bits per heavy atom. The highest BCUT2D eigenvalue weighted by molar-refractivity contribution is 5.97. The largest absolute Gasteiger partial charge is 0.339 e. The summed E-state index contributed by atoms with van der Waals surface area (Å²) in [6, 6.07) is 13.3. The third kappa shape index (κ3) is 6.18. The first kappa shape index (κ1) is 20.6. The minimum absolute atomic E-state index is 0.0462. The third-order valence-corrected chi connectivity index (χ3v) is 4.33. The number of anilines is 1. The van der Waals surface area contributed by atoms with Crippen molar-refractivity contribution < 1.29 is 18.9 Å². The van der Waals surface area contributed by atoms with Gasteiger partial charge < -0.3 is 15.1 Å². The van der Waals surface area contributed by atoms with Crippen molar-refractivity contribution >= 4 is 17.5 Å². The number of nitrogens with one attached hydrogen (secondary N) is 2.